The lowest BCUT2D eigenvalue weighted by atomic mass is 9.96. The number of benzene rings is 1. The second kappa shape index (κ2) is 6.73. The van der Waals surface area contributed by atoms with Crippen molar-refractivity contribution in [3.63, 3.8) is 0 Å². The number of anilines is 1. The summed E-state index contributed by atoms with van der Waals surface area (Å²) in [4.78, 5) is 6.60. The molecule has 3 rings (SSSR count). The Labute approximate surface area is 152 Å². The molecule has 0 fully saturated rings. The number of aromatic nitrogens is 1. The van der Waals surface area contributed by atoms with E-state index >= 15 is 0 Å². The minimum absolute atomic E-state index is 0.0762. The third kappa shape index (κ3) is 2.78. The smallest absolute Gasteiger partial charge is 0.225 e. The molecule has 2 aromatic rings. The number of hydrogen-bond donors (Lipinski definition) is 1. The van der Waals surface area contributed by atoms with Gasteiger partial charge in [0.05, 0.1) is 37.2 Å². The third-order valence-electron chi connectivity index (χ3n) is 4.75. The molecule has 0 radical (unpaired) electrons. The van der Waals surface area contributed by atoms with E-state index in [0.29, 0.717) is 46.5 Å². The summed E-state index contributed by atoms with van der Waals surface area (Å²) in [6, 6.07) is 5.76. The van der Waals surface area contributed by atoms with Crippen molar-refractivity contribution in [1.82, 2.24) is 9.88 Å². The van der Waals surface area contributed by atoms with Gasteiger partial charge in [-0.3, -0.25) is 0 Å². The minimum Gasteiger partial charge on any atom is -0.493 e. The van der Waals surface area contributed by atoms with Crippen LogP contribution < -0.4 is 19.9 Å². The van der Waals surface area contributed by atoms with E-state index in [4.69, 9.17) is 19.9 Å². The molecule has 1 aromatic heterocycles. The molecule has 2 N–H and O–H groups in total. The number of ether oxygens (including phenoxy) is 3. The first-order valence-electron chi connectivity index (χ1n) is 8.22. The standard InChI is InChI=1S/C19H22N4O3/c1-10(23(2)3)18-13(9-20)17(21)12-6-11-7-15(24-4)16(25-5)8-14(11)26-19(12)22-18/h7-8,10H,6H2,1-5H3,(H2,21,22). The van der Waals surface area contributed by atoms with Gasteiger partial charge in [-0.25, -0.2) is 4.98 Å². The van der Waals surface area contributed by atoms with Crippen LogP contribution in [0.25, 0.3) is 0 Å². The van der Waals surface area contributed by atoms with Gasteiger partial charge in [-0.1, -0.05) is 0 Å². The molecule has 2 heterocycles. The van der Waals surface area contributed by atoms with Gasteiger partial charge >= 0.3 is 0 Å². The predicted molar refractivity (Wildman–Crippen MR) is 97.9 cm³/mol. The fourth-order valence-corrected chi connectivity index (χ4v) is 2.99. The first-order valence-corrected chi connectivity index (χ1v) is 8.22. The molecular formula is C19H22N4O3. The highest BCUT2D eigenvalue weighted by atomic mass is 16.5. The van der Waals surface area contributed by atoms with Gasteiger partial charge in [0.15, 0.2) is 11.5 Å². The highest BCUT2D eigenvalue weighted by Crippen LogP contribution is 2.44. The zero-order valence-electron chi connectivity index (χ0n) is 15.6. The normalized spacial score (nSPS) is 13.3. The van der Waals surface area contributed by atoms with Crippen molar-refractivity contribution < 1.29 is 14.2 Å². The molecule has 1 aliphatic heterocycles. The molecule has 0 amide bonds. The van der Waals surface area contributed by atoms with Gasteiger partial charge in [-0.2, -0.15) is 5.26 Å². The molecule has 0 saturated heterocycles. The van der Waals surface area contributed by atoms with Gasteiger partial charge in [0, 0.05) is 23.6 Å². The van der Waals surface area contributed by atoms with Crippen LogP contribution in [0.4, 0.5) is 5.69 Å². The molecule has 0 saturated carbocycles. The lowest BCUT2D eigenvalue weighted by Gasteiger charge is -2.26. The van der Waals surface area contributed by atoms with Crippen molar-refractivity contribution in [2.45, 2.75) is 19.4 Å². The van der Waals surface area contributed by atoms with Crippen LogP contribution >= 0.6 is 0 Å². The van der Waals surface area contributed by atoms with Crippen LogP contribution in [0.5, 0.6) is 23.1 Å². The highest BCUT2D eigenvalue weighted by Gasteiger charge is 2.28. The molecule has 1 aliphatic rings. The van der Waals surface area contributed by atoms with E-state index in [1.54, 1.807) is 20.3 Å². The number of methoxy groups -OCH3 is 2. The van der Waals surface area contributed by atoms with Gasteiger partial charge < -0.3 is 24.8 Å². The van der Waals surface area contributed by atoms with Gasteiger partial charge in [-0.15, -0.1) is 0 Å². The zero-order chi connectivity index (χ0) is 19.0. The lowest BCUT2D eigenvalue weighted by molar-refractivity contribution is 0.311. The molecule has 0 spiro atoms. The van der Waals surface area contributed by atoms with E-state index in [1.165, 1.54) is 0 Å². The molecule has 0 bridgehead atoms. The SMILES string of the molecule is COc1cc2c(cc1OC)Oc1nc(C(C)N(C)C)c(C#N)c(N)c1C2. The fourth-order valence-electron chi connectivity index (χ4n) is 2.99. The number of pyridine rings is 1. The summed E-state index contributed by atoms with van der Waals surface area (Å²) < 4.78 is 16.7. The van der Waals surface area contributed by atoms with Gasteiger partial charge in [-0.05, 0) is 27.1 Å². The minimum atomic E-state index is -0.0762. The Balaban J connectivity index is 2.14. The molecular weight excluding hydrogens is 332 g/mol. The van der Waals surface area contributed by atoms with Crippen LogP contribution in [0.1, 0.15) is 35.3 Å². The van der Waals surface area contributed by atoms with E-state index in [-0.39, 0.29) is 6.04 Å². The van der Waals surface area contributed by atoms with Crippen LogP contribution in [-0.2, 0) is 6.42 Å². The summed E-state index contributed by atoms with van der Waals surface area (Å²) in [6.07, 6.45) is 0.509. The lowest BCUT2D eigenvalue weighted by Crippen LogP contribution is -2.21. The Morgan fingerprint density at radius 1 is 1.27 bits per heavy atom. The summed E-state index contributed by atoms with van der Waals surface area (Å²) in [7, 11) is 7.01. The van der Waals surface area contributed by atoms with Gasteiger partial charge in [0.25, 0.3) is 0 Å². The maximum absolute atomic E-state index is 9.61. The second-order valence-corrected chi connectivity index (χ2v) is 6.41. The summed E-state index contributed by atoms with van der Waals surface area (Å²) in [5.41, 5.74) is 9.37. The predicted octanol–water partition coefficient (Wildman–Crippen LogP) is 2.87. The van der Waals surface area contributed by atoms with Crippen molar-refractivity contribution in [1.29, 1.82) is 5.26 Å². The van der Waals surface area contributed by atoms with Crippen LogP contribution in [-0.4, -0.2) is 38.2 Å². The second-order valence-electron chi connectivity index (χ2n) is 6.41. The molecule has 26 heavy (non-hydrogen) atoms. The maximum Gasteiger partial charge on any atom is 0.225 e. The quantitative estimate of drug-likeness (QED) is 0.770. The Hall–Kier alpha value is -2.98. The summed E-state index contributed by atoms with van der Waals surface area (Å²) >= 11 is 0. The molecule has 0 aliphatic carbocycles. The Morgan fingerprint density at radius 2 is 1.92 bits per heavy atom. The van der Waals surface area contributed by atoms with E-state index in [2.05, 4.69) is 11.1 Å². The number of fused-ring (bicyclic) bond motifs is 2. The van der Waals surface area contributed by atoms with Gasteiger partial charge in [0.2, 0.25) is 5.88 Å². The largest absolute Gasteiger partial charge is 0.493 e. The fraction of sp³-hybridized carbons (Fsp3) is 0.368. The number of nitriles is 1. The van der Waals surface area contributed by atoms with Crippen molar-refractivity contribution >= 4 is 5.69 Å². The van der Waals surface area contributed by atoms with Crippen molar-refractivity contribution in [2.24, 2.45) is 0 Å². The van der Waals surface area contributed by atoms with Crippen LogP contribution in [0, 0.1) is 11.3 Å². The van der Waals surface area contributed by atoms with Crippen LogP contribution in [0.3, 0.4) is 0 Å². The number of hydrogen-bond acceptors (Lipinski definition) is 7. The highest BCUT2D eigenvalue weighted by molar-refractivity contribution is 5.68. The van der Waals surface area contributed by atoms with E-state index in [0.717, 1.165) is 11.1 Å². The molecule has 136 valence electrons. The Bertz CT molecular complexity index is 903. The Kier molecular flexibility index (Phi) is 4.62. The number of rotatable bonds is 4. The number of nitrogen functional groups attached to an aromatic ring is 1. The van der Waals surface area contributed by atoms with Crippen LogP contribution in [0.2, 0.25) is 0 Å². The first kappa shape index (κ1) is 17.8. The van der Waals surface area contributed by atoms with Crippen molar-refractivity contribution in [3.05, 3.63) is 34.5 Å². The summed E-state index contributed by atoms with van der Waals surface area (Å²) in [5.74, 6) is 2.28. The zero-order valence-corrected chi connectivity index (χ0v) is 15.6. The molecule has 7 nitrogen and oxygen atoms in total. The van der Waals surface area contributed by atoms with Crippen LogP contribution in [0.15, 0.2) is 12.1 Å². The topological polar surface area (TPSA) is 93.6 Å². The molecule has 1 atom stereocenters. The number of nitrogens with zero attached hydrogens (tertiary/aromatic N) is 3. The van der Waals surface area contributed by atoms with E-state index in [9.17, 15) is 5.26 Å². The molecule has 1 aromatic carbocycles. The average molecular weight is 354 g/mol. The van der Waals surface area contributed by atoms with E-state index < -0.39 is 0 Å². The van der Waals surface area contributed by atoms with Gasteiger partial charge in [0.1, 0.15) is 11.8 Å². The maximum atomic E-state index is 9.61. The third-order valence-corrected chi connectivity index (χ3v) is 4.75. The first-order chi connectivity index (χ1) is 12.4. The van der Waals surface area contributed by atoms with Crippen molar-refractivity contribution in [2.75, 3.05) is 34.0 Å². The molecule has 7 heteroatoms. The molecule has 1 unspecified atom stereocenters. The van der Waals surface area contributed by atoms with E-state index in [1.807, 2.05) is 32.0 Å². The average Bonchev–Trinajstić information content (AvgIpc) is 2.64. The summed E-state index contributed by atoms with van der Waals surface area (Å²) in [6.45, 7) is 1.97. The van der Waals surface area contributed by atoms with Crippen molar-refractivity contribution in [3.8, 4) is 29.2 Å². The monoisotopic (exact) mass is 354 g/mol. The Morgan fingerprint density at radius 3 is 2.50 bits per heavy atom. The number of nitrogens with two attached hydrogens (primary N) is 1. The summed E-state index contributed by atoms with van der Waals surface area (Å²) in [5, 5.41) is 9.61.